The fraction of sp³-hybridized carbons (Fsp3) is 0. The van der Waals surface area contributed by atoms with Gasteiger partial charge in [0.2, 0.25) is 5.95 Å². The molecule has 1 aliphatic heterocycles. The Morgan fingerprint density at radius 1 is 0.781 bits per heavy atom. The maximum atomic E-state index is 5.81. The summed E-state index contributed by atoms with van der Waals surface area (Å²) < 4.78 is 0. The van der Waals surface area contributed by atoms with Crippen molar-refractivity contribution >= 4 is 57.5 Å². The van der Waals surface area contributed by atoms with Crippen LogP contribution in [0, 0.1) is 0 Å². The molecule has 0 radical (unpaired) electrons. The van der Waals surface area contributed by atoms with Crippen LogP contribution < -0.4 is 17.0 Å². The molecule has 3 aromatic carbocycles. The van der Waals surface area contributed by atoms with E-state index in [1.54, 1.807) is 11.3 Å². The monoisotopic (exact) mass is 471 g/mol. The predicted molar refractivity (Wildman–Crippen MR) is 135 cm³/mol. The highest BCUT2D eigenvalue weighted by atomic mass is 32.2. The van der Waals surface area contributed by atoms with E-state index < -0.39 is 0 Å². The zero-order chi connectivity index (χ0) is 21.7. The van der Waals surface area contributed by atoms with Gasteiger partial charge in [-0.05, 0) is 47.3 Å². The predicted octanol–water partition coefficient (Wildman–Crippen LogP) is 6.51. The maximum absolute atomic E-state index is 5.81. The van der Waals surface area contributed by atoms with Gasteiger partial charge in [0.1, 0.15) is 0 Å². The second-order valence-corrected chi connectivity index (χ2v) is 10.3. The molecule has 1 aliphatic rings. The highest BCUT2D eigenvalue weighted by Crippen LogP contribution is 2.53. The van der Waals surface area contributed by atoms with Crippen LogP contribution in [0.5, 0.6) is 0 Å². The first-order chi connectivity index (χ1) is 15.7. The molecule has 0 saturated carbocycles. The minimum atomic E-state index is 0.195. The number of hydrazine groups is 1. The van der Waals surface area contributed by atoms with E-state index in [1.165, 1.54) is 35.6 Å². The van der Waals surface area contributed by atoms with Gasteiger partial charge in [-0.1, -0.05) is 53.9 Å². The first kappa shape index (κ1) is 19.6. The molecule has 0 amide bonds. The van der Waals surface area contributed by atoms with E-state index in [9.17, 15) is 0 Å². The Balaban J connectivity index is 1.49. The van der Waals surface area contributed by atoms with Gasteiger partial charge in [0, 0.05) is 41.0 Å². The fourth-order valence-corrected chi connectivity index (χ4v) is 7.30. The fourth-order valence-electron chi connectivity index (χ4n) is 3.90. The van der Waals surface area contributed by atoms with E-state index in [0.717, 1.165) is 16.5 Å². The third-order valence-electron chi connectivity index (χ3n) is 5.33. The van der Waals surface area contributed by atoms with E-state index in [1.807, 2.05) is 29.6 Å². The van der Waals surface area contributed by atoms with Crippen molar-refractivity contribution in [1.29, 1.82) is 0 Å². The number of rotatable bonds is 3. The summed E-state index contributed by atoms with van der Waals surface area (Å²) in [6.07, 6.45) is 0. The summed E-state index contributed by atoms with van der Waals surface area (Å²) in [6.45, 7) is 0. The number of fused-ring (bicyclic) bond motifs is 3. The van der Waals surface area contributed by atoms with Crippen LogP contribution >= 0.6 is 34.9 Å². The van der Waals surface area contributed by atoms with Crippen LogP contribution in [-0.4, -0.2) is 9.97 Å². The van der Waals surface area contributed by atoms with E-state index >= 15 is 0 Å². The van der Waals surface area contributed by atoms with Gasteiger partial charge in [-0.3, -0.25) is 0 Å². The quantitative estimate of drug-likeness (QED) is 0.200. The molecule has 156 valence electrons. The molecular formula is C24H17N5S3. The minimum absolute atomic E-state index is 0.195. The summed E-state index contributed by atoms with van der Waals surface area (Å²) >= 11 is 5.44. The average Bonchev–Trinajstić information content (AvgIpc) is 3.31. The lowest BCUT2D eigenvalue weighted by Gasteiger charge is -2.21. The molecule has 5 aromatic rings. The normalized spacial score (nSPS) is 12.4. The molecule has 0 saturated heterocycles. The van der Waals surface area contributed by atoms with Crippen LogP contribution in [-0.2, 0) is 0 Å². The van der Waals surface area contributed by atoms with Crippen LogP contribution in [0.3, 0.4) is 0 Å². The molecule has 5 nitrogen and oxygen atoms in total. The molecule has 3 heterocycles. The third-order valence-corrected chi connectivity index (χ3v) is 8.89. The van der Waals surface area contributed by atoms with Crippen molar-refractivity contribution < 1.29 is 0 Å². The molecule has 0 aliphatic carbocycles. The van der Waals surface area contributed by atoms with Crippen LogP contribution in [0.1, 0.15) is 0 Å². The Kier molecular flexibility index (Phi) is 4.80. The average molecular weight is 472 g/mol. The Hall–Kier alpha value is -3.04. The zero-order valence-electron chi connectivity index (χ0n) is 16.7. The van der Waals surface area contributed by atoms with Crippen molar-refractivity contribution in [2.75, 3.05) is 11.2 Å². The van der Waals surface area contributed by atoms with Gasteiger partial charge in [0.15, 0.2) is 5.82 Å². The number of nitrogen functional groups attached to an aromatic ring is 2. The Morgan fingerprint density at radius 2 is 1.59 bits per heavy atom. The molecule has 0 unspecified atom stereocenters. The number of nitrogens with two attached hydrogens (primary N) is 2. The third kappa shape index (κ3) is 3.23. The van der Waals surface area contributed by atoms with E-state index in [0.29, 0.717) is 5.82 Å². The van der Waals surface area contributed by atoms with E-state index in [2.05, 4.69) is 81.4 Å². The Bertz CT molecular complexity index is 1490. The van der Waals surface area contributed by atoms with Gasteiger partial charge < -0.3 is 11.2 Å². The second kappa shape index (κ2) is 7.83. The number of hydrogen-bond acceptors (Lipinski definition) is 8. The highest BCUT2D eigenvalue weighted by molar-refractivity contribution is 8.05. The van der Waals surface area contributed by atoms with Crippen LogP contribution in [0.15, 0.2) is 91.7 Å². The lowest BCUT2D eigenvalue weighted by molar-refractivity contribution is 1.16. The van der Waals surface area contributed by atoms with Crippen LogP contribution in [0.25, 0.3) is 32.5 Å². The molecule has 0 bridgehead atoms. The van der Waals surface area contributed by atoms with Crippen molar-refractivity contribution in [3.63, 3.8) is 0 Å². The second-order valence-electron chi connectivity index (χ2n) is 7.25. The summed E-state index contributed by atoms with van der Waals surface area (Å²) in [7, 11) is 0. The summed E-state index contributed by atoms with van der Waals surface area (Å²) in [5.74, 6) is 6.41. The van der Waals surface area contributed by atoms with Crippen molar-refractivity contribution in [3.8, 4) is 21.6 Å². The standard InChI is InChI=1S/C24H17N5S3/c25-24-27-17-9-8-13(12-16(17)23(28-24)29-26)14-10-11-30-21(14)15-4-3-7-20-22(15)32-19-6-2-1-5-18(19)31-20/h1-12H,26H2,(H3,25,27,28,29). The van der Waals surface area contributed by atoms with Crippen LogP contribution in [0.2, 0.25) is 0 Å². The summed E-state index contributed by atoms with van der Waals surface area (Å²) in [5, 5.41) is 2.98. The molecule has 8 heteroatoms. The van der Waals surface area contributed by atoms with Gasteiger partial charge in [-0.2, -0.15) is 4.98 Å². The number of anilines is 2. The highest BCUT2D eigenvalue weighted by Gasteiger charge is 2.22. The SMILES string of the molecule is NNc1nc(N)nc2ccc(-c3ccsc3-c3cccc4c3Sc3ccccc3S4)cc12. The number of thiophene rings is 1. The molecule has 32 heavy (non-hydrogen) atoms. The van der Waals surface area contributed by atoms with E-state index in [4.69, 9.17) is 11.6 Å². The van der Waals surface area contributed by atoms with Crippen molar-refractivity contribution in [2.45, 2.75) is 19.6 Å². The van der Waals surface area contributed by atoms with Gasteiger partial charge >= 0.3 is 0 Å². The number of benzene rings is 3. The van der Waals surface area contributed by atoms with Gasteiger partial charge in [-0.15, -0.1) is 11.3 Å². The van der Waals surface area contributed by atoms with Gasteiger partial charge in [0.05, 0.1) is 5.52 Å². The smallest absolute Gasteiger partial charge is 0.222 e. The molecular weight excluding hydrogens is 455 g/mol. The van der Waals surface area contributed by atoms with Gasteiger partial charge in [0.25, 0.3) is 0 Å². The molecule has 2 aromatic heterocycles. The first-order valence-electron chi connectivity index (χ1n) is 9.91. The number of aromatic nitrogens is 2. The topological polar surface area (TPSA) is 89.8 Å². The van der Waals surface area contributed by atoms with Crippen molar-refractivity contribution in [3.05, 3.63) is 72.1 Å². The van der Waals surface area contributed by atoms with Crippen LogP contribution in [0.4, 0.5) is 11.8 Å². The summed E-state index contributed by atoms with van der Waals surface area (Å²) in [6, 6.07) is 23.4. The molecule has 0 fully saturated rings. The largest absolute Gasteiger partial charge is 0.368 e. The van der Waals surface area contributed by atoms with Crippen molar-refractivity contribution in [1.82, 2.24) is 9.97 Å². The summed E-state index contributed by atoms with van der Waals surface area (Å²) in [5.41, 5.74) is 12.7. The minimum Gasteiger partial charge on any atom is -0.368 e. The molecule has 0 spiro atoms. The number of nitrogens with one attached hydrogen (secondary N) is 1. The first-order valence-corrected chi connectivity index (χ1v) is 12.4. The van der Waals surface area contributed by atoms with E-state index in [-0.39, 0.29) is 5.95 Å². The lowest BCUT2D eigenvalue weighted by Crippen LogP contribution is -2.11. The summed E-state index contributed by atoms with van der Waals surface area (Å²) in [4.78, 5) is 15.0. The Morgan fingerprint density at radius 3 is 2.44 bits per heavy atom. The number of hydrogen-bond donors (Lipinski definition) is 3. The van der Waals surface area contributed by atoms with Crippen molar-refractivity contribution in [2.24, 2.45) is 5.84 Å². The molecule has 6 rings (SSSR count). The molecule has 0 atom stereocenters. The lowest BCUT2D eigenvalue weighted by atomic mass is 10.0. The van der Waals surface area contributed by atoms with Gasteiger partial charge in [-0.25, -0.2) is 10.8 Å². The zero-order valence-corrected chi connectivity index (χ0v) is 19.2. The maximum Gasteiger partial charge on any atom is 0.222 e. The molecule has 5 N–H and O–H groups in total. The number of nitrogens with zero attached hydrogens (tertiary/aromatic N) is 2. The Labute approximate surface area is 197 Å².